The maximum absolute atomic E-state index is 11.8. The third-order valence-corrected chi connectivity index (χ3v) is 4.63. The summed E-state index contributed by atoms with van der Waals surface area (Å²) in [5.74, 6) is -0.476. The average molecular weight is 406 g/mol. The Balaban J connectivity index is 1.85. The molecule has 1 aliphatic rings. The van der Waals surface area contributed by atoms with E-state index >= 15 is 0 Å². The van der Waals surface area contributed by atoms with Gasteiger partial charge in [-0.1, -0.05) is 22.0 Å². The van der Waals surface area contributed by atoms with Crippen molar-refractivity contribution < 1.29 is 19.4 Å². The largest absolute Gasteiger partial charge is 0.465 e. The molecule has 0 fully saturated rings. The van der Waals surface area contributed by atoms with Gasteiger partial charge in [0.1, 0.15) is 0 Å². The molecule has 1 aliphatic heterocycles. The van der Waals surface area contributed by atoms with Crippen LogP contribution in [0.5, 0.6) is 0 Å². The number of fused-ring (bicyclic) bond motifs is 1. The number of carbonyl (C=O) groups is 2. The lowest BCUT2D eigenvalue weighted by atomic mass is 10.0. The summed E-state index contributed by atoms with van der Waals surface area (Å²) >= 11 is 3.41. The topological polar surface area (TPSA) is 91.8 Å². The highest BCUT2D eigenvalue weighted by molar-refractivity contribution is 9.10. The molecule has 0 radical (unpaired) electrons. The van der Waals surface area contributed by atoms with Gasteiger partial charge in [-0.2, -0.15) is 0 Å². The van der Waals surface area contributed by atoms with Crippen LogP contribution in [0.25, 0.3) is 0 Å². The van der Waals surface area contributed by atoms with E-state index in [4.69, 9.17) is 4.74 Å². The van der Waals surface area contributed by atoms with Gasteiger partial charge in [-0.05, 0) is 29.3 Å². The fourth-order valence-corrected chi connectivity index (χ4v) is 3.36. The predicted octanol–water partition coefficient (Wildman–Crippen LogP) is 3.28. The van der Waals surface area contributed by atoms with Crippen molar-refractivity contribution in [2.75, 3.05) is 19.0 Å². The minimum atomic E-state index is -0.987. The highest BCUT2D eigenvalue weighted by atomic mass is 79.9. The quantitative estimate of drug-likeness (QED) is 0.758. The number of carbonyl (C=O) groups excluding carboxylic acids is 1. The number of rotatable bonds is 4. The van der Waals surface area contributed by atoms with Gasteiger partial charge in [0.15, 0.2) is 0 Å². The average Bonchev–Trinajstić information content (AvgIpc) is 2.97. The summed E-state index contributed by atoms with van der Waals surface area (Å²) in [7, 11) is 1.31. The van der Waals surface area contributed by atoms with Crippen molar-refractivity contribution in [3.63, 3.8) is 0 Å². The Kier molecular flexibility index (Phi) is 4.89. The Hall–Kier alpha value is -2.61. The summed E-state index contributed by atoms with van der Waals surface area (Å²) in [5, 5.41) is 12.6. The fraction of sp³-hybridized carbons (Fsp3) is 0.235. The molecule has 3 rings (SSSR count). The Bertz CT molecular complexity index is 827. The molecule has 2 heterocycles. The summed E-state index contributed by atoms with van der Waals surface area (Å²) in [6.07, 6.45) is 2.04. The number of anilines is 1. The zero-order valence-electron chi connectivity index (χ0n) is 13.4. The van der Waals surface area contributed by atoms with Gasteiger partial charge >= 0.3 is 12.1 Å². The zero-order chi connectivity index (χ0) is 18.0. The molecule has 1 atom stereocenters. The number of hydrogen-bond acceptors (Lipinski definition) is 5. The van der Waals surface area contributed by atoms with Gasteiger partial charge in [0.05, 0.1) is 37.1 Å². The fourth-order valence-electron chi connectivity index (χ4n) is 2.95. The van der Waals surface area contributed by atoms with Crippen LogP contribution in [0.1, 0.15) is 27.5 Å². The Morgan fingerprint density at radius 2 is 2.24 bits per heavy atom. The molecule has 1 aromatic carbocycles. The number of nitrogens with zero attached hydrogens (tertiary/aromatic N) is 2. The van der Waals surface area contributed by atoms with Crippen molar-refractivity contribution in [3.8, 4) is 0 Å². The molecule has 2 aromatic rings. The van der Waals surface area contributed by atoms with Crippen LogP contribution in [0, 0.1) is 0 Å². The molecular weight excluding hydrogens is 390 g/mol. The smallest absolute Gasteiger partial charge is 0.408 e. The number of aromatic nitrogens is 1. The van der Waals surface area contributed by atoms with Crippen LogP contribution in [0.4, 0.5) is 10.5 Å². The molecule has 0 bridgehead atoms. The first-order valence-electron chi connectivity index (χ1n) is 7.55. The van der Waals surface area contributed by atoms with E-state index in [1.54, 1.807) is 6.07 Å². The van der Waals surface area contributed by atoms with Gasteiger partial charge in [-0.3, -0.25) is 9.88 Å². The van der Waals surface area contributed by atoms with Gasteiger partial charge < -0.3 is 15.2 Å². The Morgan fingerprint density at radius 3 is 2.96 bits per heavy atom. The van der Waals surface area contributed by atoms with Crippen LogP contribution in [0.2, 0.25) is 0 Å². The number of methoxy groups -OCH3 is 1. The Morgan fingerprint density at radius 1 is 1.44 bits per heavy atom. The lowest BCUT2D eigenvalue weighted by Gasteiger charge is -2.23. The van der Waals surface area contributed by atoms with Gasteiger partial charge in [0, 0.05) is 17.2 Å². The van der Waals surface area contributed by atoms with Crippen molar-refractivity contribution in [1.29, 1.82) is 0 Å². The van der Waals surface area contributed by atoms with Gasteiger partial charge in [0.2, 0.25) is 0 Å². The molecule has 0 aliphatic carbocycles. The standard InChI is InChI=1S/C17H16BrN3O4/c1-25-16(22)13-4-5-19-7-14(13)20-8-15-12-3-2-11(18)6-10(12)9-21(15)17(23)24/h2-7,15,20H,8-9H2,1H3,(H,23,24)/t15-/m0/s1. The number of nitrogens with one attached hydrogen (secondary N) is 1. The first kappa shape index (κ1) is 17.2. The van der Waals surface area contributed by atoms with Crippen molar-refractivity contribution in [3.05, 3.63) is 57.8 Å². The number of hydrogen-bond donors (Lipinski definition) is 2. The maximum atomic E-state index is 11.8. The number of pyridine rings is 1. The predicted molar refractivity (Wildman–Crippen MR) is 94.5 cm³/mol. The van der Waals surface area contributed by atoms with Crippen LogP contribution < -0.4 is 5.32 Å². The number of carboxylic acid groups (broad SMARTS) is 1. The molecule has 8 heteroatoms. The third-order valence-electron chi connectivity index (χ3n) is 4.14. The van der Waals surface area contributed by atoms with E-state index in [2.05, 4.69) is 26.2 Å². The molecule has 2 N–H and O–H groups in total. The molecule has 25 heavy (non-hydrogen) atoms. The number of ether oxygens (including phenoxy) is 1. The number of esters is 1. The number of amides is 1. The van der Waals surface area contributed by atoms with Gasteiger partial charge in [-0.15, -0.1) is 0 Å². The lowest BCUT2D eigenvalue weighted by Crippen LogP contribution is -2.32. The molecule has 0 spiro atoms. The minimum absolute atomic E-state index is 0.316. The van der Waals surface area contributed by atoms with Crippen molar-refractivity contribution in [1.82, 2.24) is 9.88 Å². The van der Waals surface area contributed by atoms with E-state index in [1.165, 1.54) is 24.4 Å². The van der Waals surface area contributed by atoms with Gasteiger partial charge in [0.25, 0.3) is 0 Å². The minimum Gasteiger partial charge on any atom is -0.465 e. The van der Waals surface area contributed by atoms with E-state index in [0.29, 0.717) is 24.3 Å². The molecule has 0 saturated carbocycles. The van der Waals surface area contributed by atoms with E-state index in [9.17, 15) is 14.7 Å². The van der Waals surface area contributed by atoms with Crippen LogP contribution in [-0.2, 0) is 11.3 Å². The summed E-state index contributed by atoms with van der Waals surface area (Å²) < 4.78 is 5.67. The molecular formula is C17H16BrN3O4. The van der Waals surface area contributed by atoms with Crippen LogP contribution in [0.3, 0.4) is 0 Å². The lowest BCUT2D eigenvalue weighted by molar-refractivity contribution is 0.0601. The molecule has 130 valence electrons. The summed E-state index contributed by atoms with van der Waals surface area (Å²) in [6.45, 7) is 0.643. The van der Waals surface area contributed by atoms with E-state index in [1.807, 2.05) is 18.2 Å². The molecule has 7 nitrogen and oxygen atoms in total. The third kappa shape index (κ3) is 3.43. The summed E-state index contributed by atoms with van der Waals surface area (Å²) in [6, 6.07) is 6.93. The highest BCUT2D eigenvalue weighted by Gasteiger charge is 2.33. The first-order valence-corrected chi connectivity index (χ1v) is 8.34. The van der Waals surface area contributed by atoms with E-state index in [0.717, 1.165) is 15.6 Å². The second kappa shape index (κ2) is 7.10. The number of benzene rings is 1. The SMILES string of the molecule is COC(=O)c1ccncc1NC[C@H]1c2ccc(Br)cc2CN1C(=O)O. The number of halogens is 1. The van der Waals surface area contributed by atoms with E-state index < -0.39 is 12.1 Å². The van der Waals surface area contributed by atoms with Crippen LogP contribution >= 0.6 is 15.9 Å². The van der Waals surface area contributed by atoms with Gasteiger partial charge in [-0.25, -0.2) is 9.59 Å². The second-order valence-electron chi connectivity index (χ2n) is 5.56. The van der Waals surface area contributed by atoms with Crippen molar-refractivity contribution >= 4 is 33.7 Å². The molecule has 0 saturated heterocycles. The second-order valence-corrected chi connectivity index (χ2v) is 6.48. The Labute approximate surface area is 152 Å². The highest BCUT2D eigenvalue weighted by Crippen LogP contribution is 2.35. The summed E-state index contributed by atoms with van der Waals surface area (Å²) in [5.41, 5.74) is 2.77. The monoisotopic (exact) mass is 405 g/mol. The van der Waals surface area contributed by atoms with Crippen molar-refractivity contribution in [2.24, 2.45) is 0 Å². The summed E-state index contributed by atoms with van der Waals surface area (Å²) in [4.78, 5) is 28.8. The van der Waals surface area contributed by atoms with Crippen molar-refractivity contribution in [2.45, 2.75) is 12.6 Å². The first-order chi connectivity index (χ1) is 12.0. The molecule has 0 unspecified atom stereocenters. The van der Waals surface area contributed by atoms with E-state index in [-0.39, 0.29) is 6.04 Å². The zero-order valence-corrected chi connectivity index (χ0v) is 15.0. The molecule has 1 aromatic heterocycles. The normalized spacial score (nSPS) is 15.6. The van der Waals surface area contributed by atoms with Crippen LogP contribution in [-0.4, -0.2) is 40.7 Å². The maximum Gasteiger partial charge on any atom is 0.408 e. The van der Waals surface area contributed by atoms with Crippen LogP contribution in [0.15, 0.2) is 41.1 Å². The molecule has 1 amide bonds.